The van der Waals surface area contributed by atoms with Crippen LogP contribution in [0.5, 0.6) is 0 Å². The van der Waals surface area contributed by atoms with Crippen LogP contribution in [0.2, 0.25) is 0 Å². The van der Waals surface area contributed by atoms with Gasteiger partial charge in [-0.3, -0.25) is 0 Å². The maximum atomic E-state index is 6.68. The molecule has 0 spiro atoms. The van der Waals surface area contributed by atoms with Gasteiger partial charge >= 0.3 is 0 Å². The van der Waals surface area contributed by atoms with Gasteiger partial charge in [0, 0.05) is 33.2 Å². The number of hydrogen-bond donors (Lipinski definition) is 0. The second-order valence-corrected chi connectivity index (χ2v) is 13.7. The van der Waals surface area contributed by atoms with Crippen molar-refractivity contribution in [3.8, 4) is 44.5 Å². The van der Waals surface area contributed by atoms with E-state index in [4.69, 9.17) is 4.42 Å². The van der Waals surface area contributed by atoms with E-state index in [0.29, 0.717) is 0 Å². The van der Waals surface area contributed by atoms with Gasteiger partial charge in [-0.1, -0.05) is 158 Å². The van der Waals surface area contributed by atoms with Crippen LogP contribution in [0, 0.1) is 0 Å². The van der Waals surface area contributed by atoms with Crippen molar-refractivity contribution in [3.63, 3.8) is 0 Å². The maximum absolute atomic E-state index is 6.68. The summed E-state index contributed by atoms with van der Waals surface area (Å²) in [4.78, 5) is 2.34. The lowest BCUT2D eigenvalue weighted by Crippen LogP contribution is -2.10. The molecule has 10 aromatic rings. The highest BCUT2D eigenvalue weighted by molar-refractivity contribution is 6.19. The molecule has 0 saturated carbocycles. The molecular formula is C52H35NO. The van der Waals surface area contributed by atoms with Crippen LogP contribution in [0.15, 0.2) is 217 Å². The van der Waals surface area contributed by atoms with Crippen LogP contribution >= 0.6 is 0 Å². The molecule has 0 atom stereocenters. The lowest BCUT2D eigenvalue weighted by atomic mass is 9.95. The minimum atomic E-state index is 0.889. The predicted octanol–water partition coefficient (Wildman–Crippen LogP) is 14.9. The highest BCUT2D eigenvalue weighted by Crippen LogP contribution is 2.42. The van der Waals surface area contributed by atoms with Gasteiger partial charge in [0.1, 0.15) is 11.2 Å². The van der Waals surface area contributed by atoms with Crippen LogP contribution in [0.3, 0.4) is 0 Å². The predicted molar refractivity (Wildman–Crippen MR) is 228 cm³/mol. The Bertz CT molecular complexity index is 2890. The van der Waals surface area contributed by atoms with Crippen molar-refractivity contribution in [2.75, 3.05) is 4.90 Å². The molecular weight excluding hydrogens is 655 g/mol. The molecule has 0 fully saturated rings. The fraction of sp³-hybridized carbons (Fsp3) is 0. The molecule has 10 rings (SSSR count). The van der Waals surface area contributed by atoms with Gasteiger partial charge in [0.2, 0.25) is 0 Å². The summed E-state index contributed by atoms with van der Waals surface area (Å²) >= 11 is 0. The molecule has 254 valence electrons. The summed E-state index contributed by atoms with van der Waals surface area (Å²) in [7, 11) is 0. The highest BCUT2D eigenvalue weighted by Gasteiger charge is 2.17. The molecule has 2 nitrogen and oxygen atoms in total. The molecule has 0 aliphatic rings. The van der Waals surface area contributed by atoms with E-state index in [1.807, 2.05) is 0 Å². The van der Waals surface area contributed by atoms with E-state index in [2.05, 4.69) is 217 Å². The second kappa shape index (κ2) is 13.4. The quantitative estimate of drug-likeness (QED) is 0.166. The monoisotopic (exact) mass is 689 g/mol. The third-order valence-electron chi connectivity index (χ3n) is 10.5. The first kappa shape index (κ1) is 31.6. The van der Waals surface area contributed by atoms with Crippen LogP contribution < -0.4 is 4.90 Å². The summed E-state index contributed by atoms with van der Waals surface area (Å²) in [6.07, 6.45) is 0. The fourth-order valence-electron chi connectivity index (χ4n) is 7.77. The van der Waals surface area contributed by atoms with Crippen molar-refractivity contribution in [3.05, 3.63) is 212 Å². The first-order chi connectivity index (χ1) is 26.8. The van der Waals surface area contributed by atoms with Crippen LogP contribution in [0.4, 0.5) is 17.1 Å². The van der Waals surface area contributed by atoms with E-state index >= 15 is 0 Å². The Morgan fingerprint density at radius 1 is 0.278 bits per heavy atom. The van der Waals surface area contributed by atoms with Gasteiger partial charge in [-0.25, -0.2) is 0 Å². The summed E-state index contributed by atoms with van der Waals surface area (Å²) in [5.74, 6) is 0. The van der Waals surface area contributed by atoms with Crippen molar-refractivity contribution >= 4 is 49.8 Å². The van der Waals surface area contributed by atoms with E-state index in [9.17, 15) is 0 Å². The number of rotatable bonds is 7. The molecule has 2 heteroatoms. The van der Waals surface area contributed by atoms with Gasteiger partial charge in [0.25, 0.3) is 0 Å². The van der Waals surface area contributed by atoms with Crippen LogP contribution in [0.1, 0.15) is 0 Å². The third-order valence-corrected chi connectivity index (χ3v) is 10.5. The molecule has 1 heterocycles. The van der Waals surface area contributed by atoms with Crippen LogP contribution in [0.25, 0.3) is 77.2 Å². The van der Waals surface area contributed by atoms with Crippen molar-refractivity contribution in [2.24, 2.45) is 0 Å². The average molecular weight is 690 g/mol. The summed E-state index contributed by atoms with van der Waals surface area (Å²) in [6, 6.07) is 75.7. The lowest BCUT2D eigenvalue weighted by molar-refractivity contribution is 0.673. The van der Waals surface area contributed by atoms with E-state index in [0.717, 1.165) is 55.5 Å². The minimum absolute atomic E-state index is 0.889. The Labute approximate surface area is 314 Å². The number of benzene rings is 9. The molecule has 0 saturated heterocycles. The Morgan fingerprint density at radius 3 is 1.41 bits per heavy atom. The zero-order valence-electron chi connectivity index (χ0n) is 29.6. The van der Waals surface area contributed by atoms with E-state index in [1.165, 1.54) is 38.8 Å². The normalized spacial score (nSPS) is 11.3. The Hall–Kier alpha value is -7.16. The Kier molecular flexibility index (Phi) is 7.85. The number of nitrogens with zero attached hydrogens (tertiary/aromatic N) is 1. The molecule has 0 radical (unpaired) electrons. The highest BCUT2D eigenvalue weighted by atomic mass is 16.3. The minimum Gasteiger partial charge on any atom is -0.455 e. The number of fused-ring (bicyclic) bond motifs is 5. The SMILES string of the molecule is c1ccc(-c2ccc(N(c3ccc(-c4ccc5c(c4)oc4c6ccccc6c(-c6ccccc6)cc54)cc3)c3cccc(-c4ccccc4)c3)cc2)cc1. The van der Waals surface area contributed by atoms with Gasteiger partial charge in [-0.15, -0.1) is 0 Å². The first-order valence-corrected chi connectivity index (χ1v) is 18.4. The molecule has 54 heavy (non-hydrogen) atoms. The van der Waals surface area contributed by atoms with Crippen molar-refractivity contribution in [1.82, 2.24) is 0 Å². The summed E-state index contributed by atoms with van der Waals surface area (Å²) in [5, 5.41) is 4.58. The zero-order valence-corrected chi connectivity index (χ0v) is 29.6. The summed E-state index contributed by atoms with van der Waals surface area (Å²) in [5.41, 5.74) is 14.5. The van der Waals surface area contributed by atoms with Gasteiger partial charge < -0.3 is 9.32 Å². The standard InChI is InChI=1S/C52H35NO/c1-4-13-36(14-5-1)38-23-28-43(29-24-38)53(45-20-12-19-41(33-45)37-15-6-2-7-16-37)44-30-25-39(26-31-44)42-27-32-47-50-35-49(40-17-8-3-9-18-40)46-21-10-11-22-48(46)52(50)54-51(47)34-42/h1-35H. The summed E-state index contributed by atoms with van der Waals surface area (Å²) < 4.78 is 6.68. The first-order valence-electron chi connectivity index (χ1n) is 18.4. The molecule has 0 aliphatic heterocycles. The van der Waals surface area contributed by atoms with Crippen molar-refractivity contribution in [2.45, 2.75) is 0 Å². The van der Waals surface area contributed by atoms with Crippen molar-refractivity contribution in [1.29, 1.82) is 0 Å². The number of anilines is 3. The van der Waals surface area contributed by atoms with Gasteiger partial charge in [0.05, 0.1) is 0 Å². The fourth-order valence-corrected chi connectivity index (χ4v) is 7.77. The van der Waals surface area contributed by atoms with E-state index in [-0.39, 0.29) is 0 Å². The van der Waals surface area contributed by atoms with Crippen LogP contribution in [-0.4, -0.2) is 0 Å². The molecule has 9 aromatic carbocycles. The van der Waals surface area contributed by atoms with Gasteiger partial charge in [-0.05, 0) is 104 Å². The van der Waals surface area contributed by atoms with Gasteiger partial charge in [-0.2, -0.15) is 0 Å². The van der Waals surface area contributed by atoms with E-state index in [1.54, 1.807) is 0 Å². The van der Waals surface area contributed by atoms with Crippen molar-refractivity contribution < 1.29 is 4.42 Å². The maximum Gasteiger partial charge on any atom is 0.143 e. The average Bonchev–Trinajstić information content (AvgIpc) is 3.63. The smallest absolute Gasteiger partial charge is 0.143 e. The number of hydrogen-bond acceptors (Lipinski definition) is 2. The molecule has 0 aliphatic carbocycles. The zero-order chi connectivity index (χ0) is 35.8. The second-order valence-electron chi connectivity index (χ2n) is 13.7. The summed E-state index contributed by atoms with van der Waals surface area (Å²) in [6.45, 7) is 0. The molecule has 1 aromatic heterocycles. The third kappa shape index (κ3) is 5.71. The molecule has 0 unspecified atom stereocenters. The van der Waals surface area contributed by atoms with E-state index < -0.39 is 0 Å². The number of furan rings is 1. The largest absolute Gasteiger partial charge is 0.455 e. The Morgan fingerprint density at radius 2 is 0.759 bits per heavy atom. The Balaban J connectivity index is 1.04. The van der Waals surface area contributed by atoms with Gasteiger partial charge in [0.15, 0.2) is 0 Å². The molecule has 0 N–H and O–H groups in total. The topological polar surface area (TPSA) is 16.4 Å². The molecule has 0 amide bonds. The lowest BCUT2D eigenvalue weighted by Gasteiger charge is -2.26. The molecule has 0 bridgehead atoms. The van der Waals surface area contributed by atoms with Crippen LogP contribution in [-0.2, 0) is 0 Å².